The number of nitrogens with zero attached hydrogens (tertiary/aromatic N) is 3. The summed E-state index contributed by atoms with van der Waals surface area (Å²) < 4.78 is 6.85. The van der Waals surface area contributed by atoms with Crippen LogP contribution in [0.3, 0.4) is 0 Å². The number of aromatic nitrogens is 3. The predicted molar refractivity (Wildman–Crippen MR) is 82.1 cm³/mol. The van der Waals surface area contributed by atoms with Gasteiger partial charge in [0.2, 0.25) is 0 Å². The highest BCUT2D eigenvalue weighted by Gasteiger charge is 2.33. The van der Waals surface area contributed by atoms with Crippen molar-refractivity contribution in [1.29, 1.82) is 0 Å². The lowest BCUT2D eigenvalue weighted by molar-refractivity contribution is -0.148. The molecule has 0 fully saturated rings. The highest BCUT2D eigenvalue weighted by atomic mass is 16.5. The van der Waals surface area contributed by atoms with Gasteiger partial charge in [-0.1, -0.05) is 20.8 Å². The topological polar surface area (TPSA) is 69.0 Å². The Kier molecular flexibility index (Phi) is 6.81. The zero-order valence-electron chi connectivity index (χ0n) is 13.9. The van der Waals surface area contributed by atoms with E-state index in [-0.39, 0.29) is 5.97 Å². The molecule has 0 aliphatic carbocycles. The first-order chi connectivity index (χ1) is 10.0. The maximum atomic E-state index is 12.0. The fourth-order valence-electron chi connectivity index (χ4n) is 2.23. The molecule has 0 bridgehead atoms. The second-order valence-electron chi connectivity index (χ2n) is 5.37. The molecular formula is C15H28N4O2. The molecule has 0 spiro atoms. The second-order valence-corrected chi connectivity index (χ2v) is 5.37. The van der Waals surface area contributed by atoms with Gasteiger partial charge in [-0.2, -0.15) is 5.10 Å². The monoisotopic (exact) mass is 296 g/mol. The van der Waals surface area contributed by atoms with Crippen LogP contribution in [0.1, 0.15) is 52.2 Å². The van der Waals surface area contributed by atoms with Gasteiger partial charge < -0.3 is 10.1 Å². The summed E-state index contributed by atoms with van der Waals surface area (Å²) in [7, 11) is 1.43. The maximum Gasteiger partial charge on any atom is 0.325 e. The molecule has 1 aromatic rings. The fraction of sp³-hybridized carbons (Fsp3) is 0.800. The molecule has 6 heteroatoms. The Bertz CT molecular complexity index is 459. The van der Waals surface area contributed by atoms with Crippen LogP contribution >= 0.6 is 0 Å². The molecule has 1 aromatic heterocycles. The van der Waals surface area contributed by atoms with Crippen molar-refractivity contribution in [3.63, 3.8) is 0 Å². The molecule has 1 unspecified atom stereocenters. The Morgan fingerprint density at radius 1 is 1.33 bits per heavy atom. The number of esters is 1. The minimum atomic E-state index is -0.686. The molecule has 0 saturated carbocycles. The molecule has 0 aliphatic heterocycles. The van der Waals surface area contributed by atoms with Gasteiger partial charge in [-0.05, 0) is 26.3 Å². The Balaban J connectivity index is 2.80. The average molecular weight is 296 g/mol. The highest BCUT2D eigenvalue weighted by molar-refractivity contribution is 5.80. The Morgan fingerprint density at radius 2 is 2.05 bits per heavy atom. The van der Waals surface area contributed by atoms with Gasteiger partial charge in [-0.3, -0.25) is 4.79 Å². The number of aryl methyl sites for hydroxylation is 3. The van der Waals surface area contributed by atoms with E-state index in [2.05, 4.69) is 29.2 Å². The summed E-state index contributed by atoms with van der Waals surface area (Å²) in [5, 5.41) is 7.78. The summed E-state index contributed by atoms with van der Waals surface area (Å²) in [5.41, 5.74) is -0.686. The first-order valence-electron chi connectivity index (χ1n) is 7.76. The smallest absolute Gasteiger partial charge is 0.325 e. The van der Waals surface area contributed by atoms with E-state index in [4.69, 9.17) is 4.74 Å². The molecule has 0 aromatic carbocycles. The van der Waals surface area contributed by atoms with E-state index >= 15 is 0 Å². The zero-order chi connectivity index (χ0) is 15.9. The van der Waals surface area contributed by atoms with Crippen LogP contribution in [0, 0.1) is 0 Å². The van der Waals surface area contributed by atoms with Gasteiger partial charge >= 0.3 is 5.97 Å². The lowest BCUT2D eigenvalue weighted by Crippen LogP contribution is -2.51. The van der Waals surface area contributed by atoms with E-state index < -0.39 is 5.54 Å². The molecule has 0 saturated heterocycles. The lowest BCUT2D eigenvalue weighted by atomic mass is 9.97. The van der Waals surface area contributed by atoms with Crippen LogP contribution in [0.15, 0.2) is 0 Å². The second kappa shape index (κ2) is 8.12. The molecule has 1 rings (SSSR count). The molecule has 0 aliphatic rings. The van der Waals surface area contributed by atoms with Crippen molar-refractivity contribution in [1.82, 2.24) is 20.1 Å². The minimum Gasteiger partial charge on any atom is -0.468 e. The lowest BCUT2D eigenvalue weighted by Gasteiger charge is -2.28. The Morgan fingerprint density at radius 3 is 2.57 bits per heavy atom. The number of methoxy groups -OCH3 is 1. The van der Waals surface area contributed by atoms with E-state index in [9.17, 15) is 4.79 Å². The fourth-order valence-corrected chi connectivity index (χ4v) is 2.23. The van der Waals surface area contributed by atoms with Crippen molar-refractivity contribution in [2.45, 2.75) is 65.5 Å². The number of rotatable bonds is 9. The van der Waals surface area contributed by atoms with Gasteiger partial charge in [-0.25, -0.2) is 9.67 Å². The number of ether oxygens (including phenoxy) is 1. The first kappa shape index (κ1) is 17.6. The Hall–Kier alpha value is -1.43. The summed E-state index contributed by atoms with van der Waals surface area (Å²) >= 11 is 0. The molecule has 1 heterocycles. The van der Waals surface area contributed by atoms with Crippen molar-refractivity contribution in [3.05, 3.63) is 11.6 Å². The third kappa shape index (κ3) is 4.52. The molecule has 0 radical (unpaired) electrons. The largest absolute Gasteiger partial charge is 0.468 e. The van der Waals surface area contributed by atoms with E-state index in [1.807, 2.05) is 18.5 Å². The van der Waals surface area contributed by atoms with Gasteiger partial charge in [0.1, 0.15) is 11.4 Å². The standard InChI is InChI=1S/C15H28N4O2/c1-6-10-16-15(4,14(20)21-5)9-11-19-13(8-3)17-12(7-2)18-19/h16H,6-11H2,1-5H3. The van der Waals surface area contributed by atoms with Gasteiger partial charge in [0.05, 0.1) is 7.11 Å². The molecule has 6 nitrogen and oxygen atoms in total. The first-order valence-corrected chi connectivity index (χ1v) is 7.76. The number of hydrogen-bond acceptors (Lipinski definition) is 5. The van der Waals surface area contributed by atoms with Gasteiger partial charge in [-0.15, -0.1) is 0 Å². The van der Waals surface area contributed by atoms with E-state index in [1.165, 1.54) is 7.11 Å². The van der Waals surface area contributed by atoms with Crippen molar-refractivity contribution in [2.75, 3.05) is 13.7 Å². The van der Waals surface area contributed by atoms with E-state index in [0.29, 0.717) is 13.0 Å². The number of carbonyl (C=O) groups excluding carboxylic acids is 1. The van der Waals surface area contributed by atoms with Crippen molar-refractivity contribution in [2.24, 2.45) is 0 Å². The summed E-state index contributed by atoms with van der Waals surface area (Å²) in [4.78, 5) is 16.5. The van der Waals surface area contributed by atoms with Crippen LogP contribution in [0.4, 0.5) is 0 Å². The van der Waals surface area contributed by atoms with Crippen LogP contribution in [-0.2, 0) is 28.9 Å². The van der Waals surface area contributed by atoms with E-state index in [1.54, 1.807) is 0 Å². The normalized spacial score (nSPS) is 14.0. The predicted octanol–water partition coefficient (Wildman–Crippen LogP) is 1.72. The van der Waals surface area contributed by atoms with Crippen molar-refractivity contribution >= 4 is 5.97 Å². The zero-order valence-corrected chi connectivity index (χ0v) is 13.9. The van der Waals surface area contributed by atoms with Crippen LogP contribution in [0.2, 0.25) is 0 Å². The van der Waals surface area contributed by atoms with Gasteiger partial charge in [0.15, 0.2) is 5.82 Å². The average Bonchev–Trinajstić information content (AvgIpc) is 2.92. The van der Waals surface area contributed by atoms with Crippen LogP contribution in [-0.4, -0.2) is 39.9 Å². The number of hydrogen-bond donors (Lipinski definition) is 1. The summed E-state index contributed by atoms with van der Waals surface area (Å²) in [6.07, 6.45) is 3.25. The summed E-state index contributed by atoms with van der Waals surface area (Å²) in [6, 6.07) is 0. The molecule has 0 amide bonds. The van der Waals surface area contributed by atoms with E-state index in [0.717, 1.165) is 37.5 Å². The van der Waals surface area contributed by atoms with Crippen LogP contribution in [0.5, 0.6) is 0 Å². The van der Waals surface area contributed by atoms with Crippen molar-refractivity contribution < 1.29 is 9.53 Å². The van der Waals surface area contributed by atoms with Crippen LogP contribution in [0.25, 0.3) is 0 Å². The molecule has 1 N–H and O–H groups in total. The maximum absolute atomic E-state index is 12.0. The van der Waals surface area contributed by atoms with Gasteiger partial charge in [0, 0.05) is 19.4 Å². The third-order valence-corrected chi connectivity index (χ3v) is 3.65. The van der Waals surface area contributed by atoms with Gasteiger partial charge in [0.25, 0.3) is 0 Å². The minimum absolute atomic E-state index is 0.232. The molecule has 21 heavy (non-hydrogen) atoms. The quantitative estimate of drug-likeness (QED) is 0.703. The number of nitrogens with one attached hydrogen (secondary N) is 1. The van der Waals surface area contributed by atoms with Crippen LogP contribution < -0.4 is 5.32 Å². The molecule has 120 valence electrons. The Labute approximate surface area is 127 Å². The summed E-state index contributed by atoms with van der Waals surface area (Å²) in [5.74, 6) is 1.59. The molecule has 1 atom stereocenters. The highest BCUT2D eigenvalue weighted by Crippen LogP contribution is 2.14. The summed E-state index contributed by atoms with van der Waals surface area (Å²) in [6.45, 7) is 9.50. The number of carbonyl (C=O) groups is 1. The van der Waals surface area contributed by atoms with Crippen molar-refractivity contribution in [3.8, 4) is 0 Å². The third-order valence-electron chi connectivity index (χ3n) is 3.65. The SMILES string of the molecule is CCCNC(C)(CCn1nc(CC)nc1CC)C(=O)OC. The molecular weight excluding hydrogens is 268 g/mol.